The van der Waals surface area contributed by atoms with Crippen LogP contribution in [0.25, 0.3) is 10.2 Å². The smallest absolute Gasteiger partial charge is 0.319 e. The third-order valence-electron chi connectivity index (χ3n) is 2.54. The lowest BCUT2D eigenvalue weighted by molar-refractivity contribution is -0.382. The summed E-state index contributed by atoms with van der Waals surface area (Å²) in [6.45, 7) is 2.16. The Labute approximate surface area is 107 Å². The number of aliphatic hydroxyl groups is 1. The molecule has 1 aromatic heterocycles. The molecule has 18 heavy (non-hydrogen) atoms. The van der Waals surface area contributed by atoms with E-state index in [0.717, 1.165) is 4.70 Å². The highest BCUT2D eigenvalue weighted by atomic mass is 32.1. The summed E-state index contributed by atoms with van der Waals surface area (Å²) in [7, 11) is 0. The van der Waals surface area contributed by atoms with Crippen molar-refractivity contribution in [2.45, 2.75) is 19.4 Å². The minimum absolute atomic E-state index is 0.000608. The molecule has 2 aromatic rings. The number of aromatic nitrogens is 1. The van der Waals surface area contributed by atoms with Crippen molar-refractivity contribution in [1.29, 1.82) is 0 Å². The lowest BCUT2D eigenvalue weighted by atomic mass is 10.2. The maximum absolute atomic E-state index is 11.1. The number of fused-ring (bicyclic) bond motifs is 1. The number of benzene rings is 1. The molecular formula is C11H13N3O3S. The molecule has 0 aliphatic heterocycles. The van der Waals surface area contributed by atoms with Gasteiger partial charge in [0.25, 0.3) is 0 Å². The van der Waals surface area contributed by atoms with Crippen molar-refractivity contribution in [3.8, 4) is 0 Å². The van der Waals surface area contributed by atoms with Crippen molar-refractivity contribution >= 4 is 32.9 Å². The lowest BCUT2D eigenvalue weighted by Gasteiger charge is -2.08. The molecule has 2 rings (SSSR count). The highest BCUT2D eigenvalue weighted by Gasteiger charge is 2.20. The van der Waals surface area contributed by atoms with Gasteiger partial charge in [-0.2, -0.15) is 0 Å². The molecule has 0 saturated carbocycles. The highest BCUT2D eigenvalue weighted by Crippen LogP contribution is 2.34. The summed E-state index contributed by atoms with van der Waals surface area (Å²) in [6, 6.07) is 3.49. The molecule has 96 valence electrons. The van der Waals surface area contributed by atoms with E-state index >= 15 is 0 Å². The first kappa shape index (κ1) is 12.7. The Morgan fingerprint density at radius 2 is 2.39 bits per heavy atom. The van der Waals surface area contributed by atoms with E-state index in [-0.39, 0.29) is 5.69 Å². The van der Waals surface area contributed by atoms with Crippen LogP contribution in [0.2, 0.25) is 0 Å². The Bertz CT molecular complexity index is 568. The average Bonchev–Trinajstić information content (AvgIpc) is 2.75. The minimum Gasteiger partial charge on any atom is -0.393 e. The van der Waals surface area contributed by atoms with Gasteiger partial charge in [-0.15, -0.1) is 11.3 Å². The van der Waals surface area contributed by atoms with E-state index in [0.29, 0.717) is 24.2 Å². The standard InChI is InChI=1S/C11H13N3O3S/c1-7(15)4-5-12-8-2-3-9-10(13-6-18-9)11(8)14(16)17/h2-3,6-7,12,15H,4-5H2,1H3. The normalized spacial score (nSPS) is 12.6. The van der Waals surface area contributed by atoms with E-state index < -0.39 is 11.0 Å². The fraction of sp³-hybridized carbons (Fsp3) is 0.364. The number of aliphatic hydroxyl groups excluding tert-OH is 1. The molecule has 1 heterocycles. The summed E-state index contributed by atoms with van der Waals surface area (Å²) < 4.78 is 0.794. The van der Waals surface area contributed by atoms with Gasteiger partial charge in [0.1, 0.15) is 5.69 Å². The van der Waals surface area contributed by atoms with Crippen LogP contribution < -0.4 is 5.32 Å². The first-order valence-corrected chi connectivity index (χ1v) is 6.40. The fourth-order valence-corrected chi connectivity index (χ4v) is 2.34. The first-order chi connectivity index (χ1) is 8.59. The van der Waals surface area contributed by atoms with Crippen LogP contribution in [0.4, 0.5) is 11.4 Å². The van der Waals surface area contributed by atoms with Gasteiger partial charge in [-0.25, -0.2) is 4.98 Å². The van der Waals surface area contributed by atoms with Crippen molar-refractivity contribution in [2.75, 3.05) is 11.9 Å². The van der Waals surface area contributed by atoms with Crippen LogP contribution >= 0.6 is 11.3 Å². The maximum Gasteiger partial charge on any atom is 0.319 e. The molecule has 1 atom stereocenters. The van der Waals surface area contributed by atoms with Gasteiger partial charge in [0, 0.05) is 6.54 Å². The largest absolute Gasteiger partial charge is 0.393 e. The van der Waals surface area contributed by atoms with Crippen molar-refractivity contribution < 1.29 is 10.0 Å². The van der Waals surface area contributed by atoms with Gasteiger partial charge in [-0.1, -0.05) is 0 Å². The van der Waals surface area contributed by atoms with Crippen LogP contribution in [0.15, 0.2) is 17.6 Å². The fourth-order valence-electron chi connectivity index (χ4n) is 1.66. The number of hydrogen-bond acceptors (Lipinski definition) is 6. The zero-order valence-electron chi connectivity index (χ0n) is 9.79. The molecule has 0 saturated heterocycles. The second-order valence-corrected chi connectivity index (χ2v) is 4.87. The lowest BCUT2D eigenvalue weighted by Crippen LogP contribution is -2.10. The molecule has 0 spiro atoms. The molecule has 2 N–H and O–H groups in total. The van der Waals surface area contributed by atoms with Crippen LogP contribution in [0.5, 0.6) is 0 Å². The molecule has 1 unspecified atom stereocenters. The number of thiazole rings is 1. The van der Waals surface area contributed by atoms with E-state index in [9.17, 15) is 10.1 Å². The minimum atomic E-state index is -0.431. The number of anilines is 1. The van der Waals surface area contributed by atoms with Gasteiger partial charge in [0.2, 0.25) is 0 Å². The van der Waals surface area contributed by atoms with Gasteiger partial charge in [-0.3, -0.25) is 10.1 Å². The monoisotopic (exact) mass is 267 g/mol. The molecule has 0 bridgehead atoms. The van der Waals surface area contributed by atoms with Gasteiger partial charge < -0.3 is 10.4 Å². The van der Waals surface area contributed by atoms with Gasteiger partial charge in [-0.05, 0) is 25.5 Å². The predicted molar refractivity (Wildman–Crippen MR) is 71.1 cm³/mol. The summed E-state index contributed by atoms with van der Waals surface area (Å²) in [4.78, 5) is 14.7. The number of nitro benzene ring substituents is 1. The zero-order chi connectivity index (χ0) is 13.1. The van der Waals surface area contributed by atoms with E-state index in [2.05, 4.69) is 10.3 Å². The van der Waals surface area contributed by atoms with E-state index in [1.54, 1.807) is 18.5 Å². The van der Waals surface area contributed by atoms with Gasteiger partial charge in [0.15, 0.2) is 5.52 Å². The molecular weight excluding hydrogens is 254 g/mol. The van der Waals surface area contributed by atoms with Gasteiger partial charge in [0.05, 0.1) is 21.2 Å². The quantitative estimate of drug-likeness (QED) is 0.641. The van der Waals surface area contributed by atoms with Crippen LogP contribution in [-0.2, 0) is 0 Å². The number of hydrogen-bond donors (Lipinski definition) is 2. The summed E-state index contributed by atoms with van der Waals surface area (Å²) in [5, 5.41) is 23.2. The molecule has 0 aliphatic carbocycles. The van der Waals surface area contributed by atoms with Crippen LogP contribution in [-0.4, -0.2) is 27.7 Å². The van der Waals surface area contributed by atoms with Crippen LogP contribution in [0, 0.1) is 10.1 Å². The van der Waals surface area contributed by atoms with Crippen molar-refractivity contribution in [3.05, 3.63) is 27.8 Å². The Balaban J connectivity index is 2.31. The van der Waals surface area contributed by atoms with Crippen LogP contribution in [0.1, 0.15) is 13.3 Å². The Morgan fingerprint density at radius 3 is 3.06 bits per heavy atom. The average molecular weight is 267 g/mol. The second kappa shape index (κ2) is 5.28. The molecule has 0 aliphatic rings. The number of rotatable bonds is 5. The SMILES string of the molecule is CC(O)CCNc1ccc2scnc2c1[N+](=O)[O-]. The maximum atomic E-state index is 11.1. The second-order valence-electron chi connectivity index (χ2n) is 3.98. The summed E-state index contributed by atoms with van der Waals surface area (Å²) >= 11 is 1.37. The Hall–Kier alpha value is -1.73. The first-order valence-electron chi connectivity index (χ1n) is 5.52. The molecule has 7 heteroatoms. The Kier molecular flexibility index (Phi) is 3.73. The van der Waals surface area contributed by atoms with Gasteiger partial charge >= 0.3 is 5.69 Å². The molecule has 6 nitrogen and oxygen atoms in total. The summed E-state index contributed by atoms with van der Waals surface area (Å²) in [6.07, 6.45) is 0.103. The molecule has 0 fully saturated rings. The summed E-state index contributed by atoms with van der Waals surface area (Å²) in [5.41, 5.74) is 2.45. The number of nitrogens with zero attached hydrogens (tertiary/aromatic N) is 2. The Morgan fingerprint density at radius 1 is 1.61 bits per heavy atom. The molecule has 1 aromatic carbocycles. The third-order valence-corrected chi connectivity index (χ3v) is 3.33. The van der Waals surface area contributed by atoms with E-state index in [1.807, 2.05) is 6.07 Å². The van der Waals surface area contributed by atoms with Crippen molar-refractivity contribution in [1.82, 2.24) is 4.98 Å². The summed E-state index contributed by atoms with van der Waals surface area (Å²) in [5.74, 6) is 0. The van der Waals surface area contributed by atoms with Crippen molar-refractivity contribution in [3.63, 3.8) is 0 Å². The predicted octanol–water partition coefficient (Wildman–Crippen LogP) is 2.39. The molecule has 0 radical (unpaired) electrons. The zero-order valence-corrected chi connectivity index (χ0v) is 10.6. The highest BCUT2D eigenvalue weighted by molar-refractivity contribution is 7.16. The van der Waals surface area contributed by atoms with Crippen molar-refractivity contribution in [2.24, 2.45) is 0 Å². The number of nitro groups is 1. The number of nitrogens with one attached hydrogen (secondary N) is 1. The molecule has 0 amide bonds. The van der Waals surface area contributed by atoms with E-state index in [4.69, 9.17) is 5.11 Å². The third kappa shape index (κ3) is 2.57. The van der Waals surface area contributed by atoms with E-state index in [1.165, 1.54) is 11.3 Å². The van der Waals surface area contributed by atoms with Crippen LogP contribution in [0.3, 0.4) is 0 Å². The topological polar surface area (TPSA) is 88.3 Å².